The maximum absolute atomic E-state index is 5.36. The van der Waals surface area contributed by atoms with Gasteiger partial charge in [0.05, 0.1) is 14.2 Å². The van der Waals surface area contributed by atoms with Crippen LogP contribution in [0, 0.1) is 5.41 Å². The van der Waals surface area contributed by atoms with Crippen molar-refractivity contribution in [1.82, 2.24) is 5.32 Å². The van der Waals surface area contributed by atoms with Crippen molar-refractivity contribution in [1.29, 1.82) is 0 Å². The first kappa shape index (κ1) is 16.1. The molecule has 1 aliphatic rings. The molecule has 1 saturated carbocycles. The van der Waals surface area contributed by atoms with Crippen molar-refractivity contribution in [3.63, 3.8) is 0 Å². The van der Waals surface area contributed by atoms with Gasteiger partial charge in [-0.25, -0.2) is 0 Å². The zero-order valence-electron chi connectivity index (χ0n) is 12.0. The van der Waals surface area contributed by atoms with Crippen molar-refractivity contribution in [2.75, 3.05) is 27.8 Å². The van der Waals surface area contributed by atoms with Gasteiger partial charge in [-0.3, -0.25) is 0 Å². The third-order valence-electron chi connectivity index (χ3n) is 3.99. The molecule has 0 radical (unpaired) electrons. The predicted molar refractivity (Wildman–Crippen MR) is 80.7 cm³/mol. The van der Waals surface area contributed by atoms with E-state index in [-0.39, 0.29) is 12.4 Å². The molecule has 19 heavy (non-hydrogen) atoms. The molecule has 0 unspecified atom stereocenters. The average molecular weight is 286 g/mol. The van der Waals surface area contributed by atoms with E-state index in [0.29, 0.717) is 5.41 Å². The molecule has 4 heteroatoms. The van der Waals surface area contributed by atoms with Crippen LogP contribution in [0.2, 0.25) is 0 Å². The Kier molecular flexibility index (Phi) is 5.95. The van der Waals surface area contributed by atoms with Crippen LogP contribution < -0.4 is 14.8 Å². The van der Waals surface area contributed by atoms with Gasteiger partial charge in [0.1, 0.15) is 0 Å². The molecule has 0 heterocycles. The van der Waals surface area contributed by atoms with E-state index in [9.17, 15) is 0 Å². The molecular weight excluding hydrogens is 262 g/mol. The summed E-state index contributed by atoms with van der Waals surface area (Å²) in [5, 5.41) is 3.33. The second-order valence-electron chi connectivity index (χ2n) is 5.25. The summed E-state index contributed by atoms with van der Waals surface area (Å²) in [6, 6.07) is 6.26. The third kappa shape index (κ3) is 3.54. The van der Waals surface area contributed by atoms with Crippen molar-refractivity contribution in [2.45, 2.75) is 25.7 Å². The molecule has 1 fully saturated rings. The Bertz CT molecular complexity index is 405. The highest BCUT2D eigenvalue weighted by atomic mass is 35.5. The summed E-state index contributed by atoms with van der Waals surface area (Å²) in [5.74, 6) is 1.63. The maximum atomic E-state index is 5.36. The average Bonchev–Trinajstić information content (AvgIpc) is 2.36. The number of methoxy groups -OCH3 is 2. The van der Waals surface area contributed by atoms with E-state index < -0.39 is 0 Å². The number of hydrogen-bond acceptors (Lipinski definition) is 3. The normalized spacial score (nSPS) is 16.2. The minimum atomic E-state index is 0. The molecule has 108 valence electrons. The molecule has 0 bridgehead atoms. The zero-order valence-corrected chi connectivity index (χ0v) is 12.8. The Morgan fingerprint density at radius 2 is 1.84 bits per heavy atom. The monoisotopic (exact) mass is 285 g/mol. The van der Waals surface area contributed by atoms with Crippen molar-refractivity contribution in [3.05, 3.63) is 23.8 Å². The quantitative estimate of drug-likeness (QED) is 0.871. The highest BCUT2D eigenvalue weighted by Crippen LogP contribution is 2.44. The van der Waals surface area contributed by atoms with Crippen LogP contribution in [0.15, 0.2) is 18.2 Å². The number of hydrogen-bond donors (Lipinski definition) is 1. The number of ether oxygens (including phenoxy) is 2. The van der Waals surface area contributed by atoms with Crippen molar-refractivity contribution in [2.24, 2.45) is 5.41 Å². The van der Waals surface area contributed by atoms with Crippen LogP contribution in [0.25, 0.3) is 0 Å². The van der Waals surface area contributed by atoms with Gasteiger partial charge in [0.25, 0.3) is 0 Å². The van der Waals surface area contributed by atoms with Gasteiger partial charge >= 0.3 is 0 Å². The van der Waals surface area contributed by atoms with Crippen LogP contribution in [-0.4, -0.2) is 27.8 Å². The second-order valence-corrected chi connectivity index (χ2v) is 5.25. The summed E-state index contributed by atoms with van der Waals surface area (Å²) < 4.78 is 10.6. The molecule has 0 aliphatic heterocycles. The zero-order chi connectivity index (χ0) is 13.0. The topological polar surface area (TPSA) is 30.5 Å². The summed E-state index contributed by atoms with van der Waals surface area (Å²) in [6.45, 7) is 1.10. The standard InChI is InChI=1S/C15H23NO2.ClH/c1-16-11-15(7-4-8-15)10-12-5-6-13(17-2)14(9-12)18-3;/h5-6,9,16H,4,7-8,10-11H2,1-3H3;1H. The lowest BCUT2D eigenvalue weighted by molar-refractivity contribution is 0.133. The Hall–Kier alpha value is -0.930. The summed E-state index contributed by atoms with van der Waals surface area (Å²) in [5.41, 5.74) is 1.79. The van der Waals surface area contributed by atoms with Gasteiger partial charge < -0.3 is 14.8 Å². The fraction of sp³-hybridized carbons (Fsp3) is 0.600. The van der Waals surface area contributed by atoms with Gasteiger partial charge in [-0.15, -0.1) is 12.4 Å². The molecule has 1 N–H and O–H groups in total. The highest BCUT2D eigenvalue weighted by molar-refractivity contribution is 5.85. The molecule has 0 atom stereocenters. The molecule has 1 aliphatic carbocycles. The molecule has 3 nitrogen and oxygen atoms in total. The fourth-order valence-electron chi connectivity index (χ4n) is 2.89. The van der Waals surface area contributed by atoms with Crippen LogP contribution in [-0.2, 0) is 6.42 Å². The minimum absolute atomic E-state index is 0. The maximum Gasteiger partial charge on any atom is 0.160 e. The Labute approximate surface area is 122 Å². The first-order valence-electron chi connectivity index (χ1n) is 6.58. The smallest absolute Gasteiger partial charge is 0.160 e. The van der Waals surface area contributed by atoms with Crippen LogP contribution >= 0.6 is 12.4 Å². The fourth-order valence-corrected chi connectivity index (χ4v) is 2.89. The van der Waals surface area contributed by atoms with E-state index >= 15 is 0 Å². The van der Waals surface area contributed by atoms with Gasteiger partial charge in [-0.05, 0) is 49.4 Å². The lowest BCUT2D eigenvalue weighted by Gasteiger charge is -2.42. The number of nitrogens with one attached hydrogen (secondary N) is 1. The molecule has 1 aromatic carbocycles. The van der Waals surface area contributed by atoms with E-state index in [0.717, 1.165) is 24.5 Å². The Morgan fingerprint density at radius 3 is 2.32 bits per heavy atom. The summed E-state index contributed by atoms with van der Waals surface area (Å²) in [4.78, 5) is 0. The van der Waals surface area contributed by atoms with E-state index in [1.807, 2.05) is 13.1 Å². The van der Waals surface area contributed by atoms with Crippen molar-refractivity contribution < 1.29 is 9.47 Å². The molecule has 0 spiro atoms. The Balaban J connectivity index is 0.00000180. The largest absolute Gasteiger partial charge is 0.493 e. The Morgan fingerprint density at radius 1 is 1.16 bits per heavy atom. The first-order valence-corrected chi connectivity index (χ1v) is 6.58. The lowest BCUT2D eigenvalue weighted by Crippen LogP contribution is -2.40. The van der Waals surface area contributed by atoms with Crippen molar-refractivity contribution in [3.8, 4) is 11.5 Å². The van der Waals surface area contributed by atoms with Crippen LogP contribution in [0.3, 0.4) is 0 Å². The van der Waals surface area contributed by atoms with Crippen molar-refractivity contribution >= 4 is 12.4 Å². The predicted octanol–water partition coefficient (Wildman–Crippen LogP) is 3.06. The van der Waals surface area contributed by atoms with Crippen LogP contribution in [0.4, 0.5) is 0 Å². The second kappa shape index (κ2) is 7.01. The van der Waals surface area contributed by atoms with Gasteiger partial charge in [0, 0.05) is 6.54 Å². The molecule has 0 saturated heterocycles. The minimum Gasteiger partial charge on any atom is -0.493 e. The van der Waals surface area contributed by atoms with Gasteiger partial charge in [0.15, 0.2) is 11.5 Å². The number of halogens is 1. The van der Waals surface area contributed by atoms with E-state index in [1.165, 1.54) is 24.8 Å². The van der Waals surface area contributed by atoms with Crippen LogP contribution in [0.5, 0.6) is 11.5 Å². The van der Waals surface area contributed by atoms with Crippen LogP contribution in [0.1, 0.15) is 24.8 Å². The van der Waals surface area contributed by atoms with E-state index in [2.05, 4.69) is 17.4 Å². The molecule has 1 aromatic rings. The lowest BCUT2D eigenvalue weighted by atomic mass is 9.65. The summed E-state index contributed by atoms with van der Waals surface area (Å²) in [7, 11) is 5.40. The molecule has 0 aromatic heterocycles. The van der Waals surface area contributed by atoms with E-state index in [4.69, 9.17) is 9.47 Å². The molecule has 2 rings (SSSR count). The molecule has 0 amide bonds. The van der Waals surface area contributed by atoms with Gasteiger partial charge in [-0.2, -0.15) is 0 Å². The number of rotatable bonds is 6. The SMILES string of the molecule is CNCC1(Cc2ccc(OC)c(OC)c2)CCC1.Cl. The van der Waals surface area contributed by atoms with Gasteiger partial charge in [0.2, 0.25) is 0 Å². The van der Waals surface area contributed by atoms with E-state index in [1.54, 1.807) is 14.2 Å². The first-order chi connectivity index (χ1) is 8.73. The number of benzene rings is 1. The molecular formula is C15H24ClNO2. The summed E-state index contributed by atoms with van der Waals surface area (Å²) in [6.07, 6.45) is 5.12. The third-order valence-corrected chi connectivity index (χ3v) is 3.99. The summed E-state index contributed by atoms with van der Waals surface area (Å²) >= 11 is 0. The van der Waals surface area contributed by atoms with Gasteiger partial charge in [-0.1, -0.05) is 12.5 Å². The highest BCUT2D eigenvalue weighted by Gasteiger charge is 2.36.